The molecule has 0 aliphatic carbocycles. The van der Waals surface area contributed by atoms with Gasteiger partial charge in [0, 0.05) is 29.9 Å². The third kappa shape index (κ3) is 7.87. The average Bonchev–Trinajstić information content (AvgIpc) is 2.81. The molecule has 3 rings (SSSR count). The molecule has 0 atom stereocenters. The van der Waals surface area contributed by atoms with Gasteiger partial charge in [0.15, 0.2) is 0 Å². The van der Waals surface area contributed by atoms with Crippen LogP contribution in [0.1, 0.15) is 56.2 Å². The minimum Gasteiger partial charge on any atom is -0.380 e. The standard InChI is InChI=1S/C30H34N2O/c1-22(2)25-14-16-27(17-15-25)26-9-5-6-11-30(33)20-29(32-24(4)8-7-10-26)21-31-28-18-12-23(3)13-19-28/h7-10,12-19,31H,1,5-6,11,20-21H2,2-4H3/b10-7?,24-8-,26-9?,32-29?. The maximum absolute atomic E-state index is 12.6. The minimum absolute atomic E-state index is 0.236. The van der Waals surface area contributed by atoms with Crippen molar-refractivity contribution in [2.45, 2.75) is 46.5 Å². The number of anilines is 1. The van der Waals surface area contributed by atoms with E-state index in [1.807, 2.05) is 26.0 Å². The molecule has 1 heterocycles. The fourth-order valence-electron chi connectivity index (χ4n) is 3.70. The summed E-state index contributed by atoms with van der Waals surface area (Å²) in [7, 11) is 0. The second kappa shape index (κ2) is 12.0. The SMILES string of the molecule is C=C(C)c1ccc(C2=CCCCC(=O)CC(CNc3ccc(C)cc3)=N/C(C)=C\C=C2)cc1. The second-order valence-corrected chi connectivity index (χ2v) is 8.69. The Balaban J connectivity index is 1.79. The second-order valence-electron chi connectivity index (χ2n) is 8.69. The summed E-state index contributed by atoms with van der Waals surface area (Å²) in [6.45, 7) is 10.6. The van der Waals surface area contributed by atoms with E-state index in [0.717, 1.165) is 52.2 Å². The molecule has 0 saturated heterocycles. The van der Waals surface area contributed by atoms with Crippen molar-refractivity contribution >= 4 is 28.3 Å². The van der Waals surface area contributed by atoms with Gasteiger partial charge in [-0.3, -0.25) is 9.79 Å². The highest BCUT2D eigenvalue weighted by Gasteiger charge is 2.09. The first-order valence-corrected chi connectivity index (χ1v) is 11.6. The number of hydrogen-bond donors (Lipinski definition) is 1. The molecular formula is C30H34N2O. The van der Waals surface area contributed by atoms with Gasteiger partial charge in [-0.05, 0) is 68.5 Å². The third-order valence-electron chi connectivity index (χ3n) is 5.63. The van der Waals surface area contributed by atoms with E-state index in [9.17, 15) is 4.79 Å². The highest BCUT2D eigenvalue weighted by Crippen LogP contribution is 2.21. The van der Waals surface area contributed by atoms with Crippen LogP contribution in [0.5, 0.6) is 0 Å². The number of Topliss-reactive ketones (excluding diaryl/α,β-unsaturated/α-hetero) is 1. The van der Waals surface area contributed by atoms with Gasteiger partial charge in [0.05, 0.1) is 6.54 Å². The lowest BCUT2D eigenvalue weighted by molar-refractivity contribution is -0.118. The van der Waals surface area contributed by atoms with Gasteiger partial charge < -0.3 is 5.32 Å². The number of nitrogens with zero attached hydrogens (tertiary/aromatic N) is 1. The van der Waals surface area contributed by atoms with Crippen LogP contribution >= 0.6 is 0 Å². The van der Waals surface area contributed by atoms with Gasteiger partial charge in [0.2, 0.25) is 0 Å². The zero-order chi connectivity index (χ0) is 23.6. The number of allylic oxidation sites excluding steroid dienone is 7. The molecule has 0 saturated carbocycles. The Hall–Kier alpha value is -3.46. The highest BCUT2D eigenvalue weighted by atomic mass is 16.1. The van der Waals surface area contributed by atoms with E-state index in [0.29, 0.717) is 19.4 Å². The predicted octanol–water partition coefficient (Wildman–Crippen LogP) is 7.57. The number of rotatable bonds is 5. The molecule has 170 valence electrons. The molecule has 2 aromatic rings. The maximum atomic E-state index is 12.6. The van der Waals surface area contributed by atoms with Gasteiger partial charge >= 0.3 is 0 Å². The maximum Gasteiger partial charge on any atom is 0.138 e. The van der Waals surface area contributed by atoms with Crippen molar-refractivity contribution in [3.63, 3.8) is 0 Å². The molecule has 0 amide bonds. The summed E-state index contributed by atoms with van der Waals surface area (Å²) in [6, 6.07) is 16.7. The van der Waals surface area contributed by atoms with Crippen molar-refractivity contribution in [1.82, 2.24) is 0 Å². The summed E-state index contributed by atoms with van der Waals surface area (Å²) in [6.07, 6.45) is 11.0. The molecule has 0 spiro atoms. The van der Waals surface area contributed by atoms with Crippen molar-refractivity contribution in [3.8, 4) is 0 Å². The van der Waals surface area contributed by atoms with Crippen LogP contribution in [-0.2, 0) is 4.79 Å². The van der Waals surface area contributed by atoms with Crippen LogP contribution in [-0.4, -0.2) is 18.0 Å². The van der Waals surface area contributed by atoms with Crippen LogP contribution in [0.15, 0.2) is 90.1 Å². The van der Waals surface area contributed by atoms with Crippen LogP contribution in [0.3, 0.4) is 0 Å². The van der Waals surface area contributed by atoms with Crippen molar-refractivity contribution in [1.29, 1.82) is 0 Å². The molecule has 0 unspecified atom stereocenters. The van der Waals surface area contributed by atoms with E-state index < -0.39 is 0 Å². The number of ketones is 1. The number of nitrogens with one attached hydrogen (secondary N) is 1. The molecule has 1 aliphatic heterocycles. The fraction of sp³-hybridized carbons (Fsp3) is 0.267. The van der Waals surface area contributed by atoms with Crippen LogP contribution in [0.4, 0.5) is 5.69 Å². The van der Waals surface area contributed by atoms with Gasteiger partial charge in [-0.1, -0.05) is 72.3 Å². The Morgan fingerprint density at radius 2 is 1.79 bits per heavy atom. The molecule has 1 aliphatic rings. The number of hydrogen-bond acceptors (Lipinski definition) is 3. The van der Waals surface area contributed by atoms with Gasteiger partial charge in [0.25, 0.3) is 0 Å². The van der Waals surface area contributed by atoms with E-state index in [-0.39, 0.29) is 5.78 Å². The molecule has 33 heavy (non-hydrogen) atoms. The summed E-state index contributed by atoms with van der Waals surface area (Å²) < 4.78 is 0. The first-order valence-electron chi connectivity index (χ1n) is 11.6. The highest BCUT2D eigenvalue weighted by molar-refractivity contribution is 6.04. The Morgan fingerprint density at radius 1 is 1.06 bits per heavy atom. The Labute approximate surface area is 198 Å². The molecule has 0 aromatic heterocycles. The first-order chi connectivity index (χ1) is 15.9. The number of carbonyl (C=O) groups excluding carboxylic acids is 1. The van der Waals surface area contributed by atoms with Crippen molar-refractivity contribution in [2.75, 3.05) is 11.9 Å². The topological polar surface area (TPSA) is 41.5 Å². The number of carbonyl (C=O) groups is 1. The number of aryl methyl sites for hydroxylation is 1. The lowest BCUT2D eigenvalue weighted by atomic mass is 9.99. The normalized spacial score (nSPS) is 16.9. The zero-order valence-corrected chi connectivity index (χ0v) is 20.0. The van der Waals surface area contributed by atoms with Crippen LogP contribution in [0.25, 0.3) is 11.1 Å². The lowest BCUT2D eigenvalue weighted by Gasteiger charge is -2.10. The Bertz CT molecular complexity index is 1100. The number of benzene rings is 2. The van der Waals surface area contributed by atoms with Crippen LogP contribution in [0.2, 0.25) is 0 Å². The third-order valence-corrected chi connectivity index (χ3v) is 5.63. The lowest BCUT2D eigenvalue weighted by Crippen LogP contribution is -2.18. The summed E-state index contributed by atoms with van der Waals surface area (Å²) in [5, 5.41) is 3.40. The Kier molecular flexibility index (Phi) is 8.77. The molecule has 0 fully saturated rings. The fourth-order valence-corrected chi connectivity index (χ4v) is 3.70. The average molecular weight is 439 g/mol. The molecule has 3 heteroatoms. The van der Waals surface area contributed by atoms with Crippen molar-refractivity contribution in [2.24, 2.45) is 4.99 Å². The van der Waals surface area contributed by atoms with E-state index in [2.05, 4.69) is 79.5 Å². The predicted molar refractivity (Wildman–Crippen MR) is 143 cm³/mol. The monoisotopic (exact) mass is 438 g/mol. The van der Waals surface area contributed by atoms with Gasteiger partial charge in [-0.2, -0.15) is 0 Å². The largest absolute Gasteiger partial charge is 0.380 e. The molecular weight excluding hydrogens is 404 g/mol. The number of aliphatic imine (C=N–C) groups is 1. The van der Waals surface area contributed by atoms with Crippen LogP contribution in [0, 0.1) is 6.92 Å². The van der Waals surface area contributed by atoms with Gasteiger partial charge in [-0.15, -0.1) is 0 Å². The molecule has 0 bridgehead atoms. The first kappa shape index (κ1) is 24.2. The Morgan fingerprint density at radius 3 is 2.48 bits per heavy atom. The van der Waals surface area contributed by atoms with Crippen LogP contribution < -0.4 is 5.32 Å². The molecule has 1 N–H and O–H groups in total. The van der Waals surface area contributed by atoms with E-state index in [1.165, 1.54) is 5.56 Å². The summed E-state index contributed by atoms with van der Waals surface area (Å²) in [5.41, 5.74) is 8.53. The summed E-state index contributed by atoms with van der Waals surface area (Å²) >= 11 is 0. The zero-order valence-electron chi connectivity index (χ0n) is 20.0. The van der Waals surface area contributed by atoms with E-state index in [4.69, 9.17) is 4.99 Å². The van der Waals surface area contributed by atoms with Gasteiger partial charge in [-0.25, -0.2) is 0 Å². The van der Waals surface area contributed by atoms with Crippen molar-refractivity contribution < 1.29 is 4.79 Å². The minimum atomic E-state index is 0.236. The van der Waals surface area contributed by atoms with E-state index >= 15 is 0 Å². The summed E-state index contributed by atoms with van der Waals surface area (Å²) in [4.78, 5) is 17.4. The molecule has 2 aromatic carbocycles. The molecule has 3 nitrogen and oxygen atoms in total. The van der Waals surface area contributed by atoms with E-state index in [1.54, 1.807) is 0 Å². The smallest absolute Gasteiger partial charge is 0.138 e. The summed E-state index contributed by atoms with van der Waals surface area (Å²) in [5.74, 6) is 0.236. The van der Waals surface area contributed by atoms with Gasteiger partial charge in [0.1, 0.15) is 5.78 Å². The quantitative estimate of drug-likeness (QED) is 0.523. The van der Waals surface area contributed by atoms with Crippen molar-refractivity contribution in [3.05, 3.63) is 102 Å². The molecule has 0 radical (unpaired) electrons.